The number of halogens is 4. The van der Waals surface area contributed by atoms with Gasteiger partial charge in [0.05, 0.1) is 46.0 Å². The monoisotopic (exact) mass is 1060 g/mol. The number of piperazine rings is 1. The molecule has 4 fully saturated rings. The van der Waals surface area contributed by atoms with Gasteiger partial charge in [-0.3, -0.25) is 29.6 Å². The first-order valence-electron chi connectivity index (χ1n) is 23.9. The maximum absolute atomic E-state index is 15.5. The molecule has 2 aromatic heterocycles. The number of nitrogens with zero attached hydrogens (tertiary/aromatic N) is 7. The van der Waals surface area contributed by atoms with E-state index in [1.54, 1.807) is 45.7 Å². The largest absolute Gasteiger partial charge is 0.494 e. The van der Waals surface area contributed by atoms with Gasteiger partial charge in [0.15, 0.2) is 0 Å². The first-order chi connectivity index (χ1) is 33.7. The molecular weight excluding hydrogens is 1000 g/mol. The average molecular weight is 1060 g/mol. The molecule has 3 amide bonds. The van der Waals surface area contributed by atoms with E-state index in [0.717, 1.165) is 50.3 Å². The number of methoxy groups -OCH3 is 1. The van der Waals surface area contributed by atoms with Crippen molar-refractivity contribution in [3.05, 3.63) is 87.4 Å². The van der Waals surface area contributed by atoms with Crippen LogP contribution in [0.2, 0.25) is 0 Å². The summed E-state index contributed by atoms with van der Waals surface area (Å²) in [6.07, 6.45) is 3.58. The van der Waals surface area contributed by atoms with Crippen LogP contribution < -0.4 is 35.8 Å². The number of carbonyl (C=O) groups is 3. The number of imide groups is 1. The van der Waals surface area contributed by atoms with Crippen molar-refractivity contribution in [2.24, 2.45) is 11.3 Å². The van der Waals surface area contributed by atoms with E-state index in [2.05, 4.69) is 58.6 Å². The number of rotatable bonds is 11. The highest BCUT2D eigenvalue weighted by molar-refractivity contribution is 9.10. The Hall–Kier alpha value is -5.78. The molecule has 4 aliphatic heterocycles. The van der Waals surface area contributed by atoms with E-state index in [1.807, 2.05) is 35.8 Å². The lowest BCUT2D eigenvalue weighted by molar-refractivity contribution is -0.140. The van der Waals surface area contributed by atoms with E-state index in [4.69, 9.17) is 9.72 Å². The number of anilines is 6. The quantitative estimate of drug-likeness (QED) is 0.0855. The number of hydrogen-bond acceptors (Lipinski definition) is 13. The molecule has 376 valence electrons. The molecule has 5 aromatic rings. The van der Waals surface area contributed by atoms with Crippen LogP contribution in [0.1, 0.15) is 62.3 Å². The SMILES string of the molecule is COc1cc(N2CCC(N3CCN(C(=O)[C@H]4CN(c5cc(F)c([C@H]6CCC(=O)NC6=O)c(F)c5)CC4(C)C)CC3)CC2)c(C)cc1Nc1ncc(Br)c(Nc2ccc3nc(C)c(F)cc3c2P(C)(C)=O)n1. The van der Waals surface area contributed by atoms with Crippen LogP contribution in [0.4, 0.5) is 47.7 Å². The fourth-order valence-corrected chi connectivity index (χ4v) is 12.6. The van der Waals surface area contributed by atoms with E-state index in [1.165, 1.54) is 18.2 Å². The zero-order valence-electron chi connectivity index (χ0n) is 41.0. The van der Waals surface area contributed by atoms with Gasteiger partial charge in [-0.15, -0.1) is 0 Å². The summed E-state index contributed by atoms with van der Waals surface area (Å²) in [5.74, 6) is -3.37. The maximum Gasteiger partial charge on any atom is 0.234 e. The third-order valence-corrected chi connectivity index (χ3v) is 16.7. The van der Waals surface area contributed by atoms with Gasteiger partial charge in [0.25, 0.3) is 0 Å². The Morgan fingerprint density at radius 2 is 1.59 bits per heavy atom. The summed E-state index contributed by atoms with van der Waals surface area (Å²) in [5.41, 5.74) is 3.66. The van der Waals surface area contributed by atoms with Crippen LogP contribution >= 0.6 is 23.1 Å². The summed E-state index contributed by atoms with van der Waals surface area (Å²) in [6, 6.07) is 11.8. The molecule has 71 heavy (non-hydrogen) atoms. The predicted molar refractivity (Wildman–Crippen MR) is 274 cm³/mol. The Morgan fingerprint density at radius 3 is 2.25 bits per heavy atom. The molecule has 9 rings (SSSR count). The van der Waals surface area contributed by atoms with Crippen LogP contribution in [0, 0.1) is 42.6 Å². The fraction of sp³-hybridized carbons (Fsp3) is 0.451. The average Bonchev–Trinajstić information content (AvgIpc) is 3.65. The summed E-state index contributed by atoms with van der Waals surface area (Å²) in [7, 11) is -1.31. The number of aryl methyl sites for hydroxylation is 2. The van der Waals surface area contributed by atoms with Gasteiger partial charge in [-0.25, -0.2) is 18.2 Å². The molecule has 4 aliphatic rings. The molecule has 20 heteroatoms. The molecule has 0 spiro atoms. The number of piperidine rings is 2. The van der Waals surface area contributed by atoms with Crippen molar-refractivity contribution >= 4 is 91.5 Å². The van der Waals surface area contributed by atoms with Gasteiger partial charge in [0.2, 0.25) is 23.7 Å². The second-order valence-corrected chi connectivity index (χ2v) is 24.2. The molecule has 6 heterocycles. The molecule has 4 saturated heterocycles. The molecule has 0 unspecified atom stereocenters. The number of amides is 3. The van der Waals surface area contributed by atoms with Crippen LogP contribution in [-0.4, -0.2) is 121 Å². The zero-order valence-corrected chi connectivity index (χ0v) is 43.4. The van der Waals surface area contributed by atoms with Crippen molar-refractivity contribution in [3.8, 4) is 5.75 Å². The molecule has 3 N–H and O–H groups in total. The minimum Gasteiger partial charge on any atom is -0.494 e. The lowest BCUT2D eigenvalue weighted by atomic mass is 9.81. The summed E-state index contributed by atoms with van der Waals surface area (Å²) in [5, 5.41) is 9.76. The number of ether oxygens (including phenoxy) is 1. The van der Waals surface area contributed by atoms with Crippen molar-refractivity contribution in [1.29, 1.82) is 0 Å². The van der Waals surface area contributed by atoms with Crippen LogP contribution in [0.5, 0.6) is 5.75 Å². The highest BCUT2D eigenvalue weighted by atomic mass is 79.9. The number of hydrogen-bond donors (Lipinski definition) is 3. The molecule has 0 aliphatic carbocycles. The lowest BCUT2D eigenvalue weighted by Crippen LogP contribution is -2.56. The molecule has 2 atom stereocenters. The van der Waals surface area contributed by atoms with Crippen molar-refractivity contribution in [2.45, 2.75) is 65.3 Å². The van der Waals surface area contributed by atoms with Gasteiger partial charge in [-0.1, -0.05) is 13.8 Å². The Morgan fingerprint density at radius 1 is 0.887 bits per heavy atom. The Kier molecular flexibility index (Phi) is 13.9. The Labute approximate surface area is 419 Å². The van der Waals surface area contributed by atoms with Gasteiger partial charge in [0, 0.05) is 105 Å². The van der Waals surface area contributed by atoms with E-state index < -0.39 is 47.7 Å². The molecule has 0 radical (unpaired) electrons. The summed E-state index contributed by atoms with van der Waals surface area (Å²) in [4.78, 5) is 60.5. The van der Waals surface area contributed by atoms with Gasteiger partial charge < -0.3 is 34.6 Å². The zero-order chi connectivity index (χ0) is 50.7. The van der Waals surface area contributed by atoms with E-state index in [-0.39, 0.29) is 35.9 Å². The standard InChI is InChI=1S/C51H59BrF3N10O5P/c1-28-20-41(59-50-56-25-35(52)47(61-50)58-40-10-9-39-33(46(40)71(6,7)69)23-36(53)29(2)57-39)43(70-5)24-42(28)63-14-12-30(13-15-63)62-16-18-64(19-17-62)49(68)34-26-65(27-51(34,3)4)31-21-37(54)45(38(55)22-31)32-8-11-44(66)60-48(32)67/h9-10,20-25,30,32,34H,8,11-19,26-27H2,1-7H3,(H,60,66,67)(H2,56,58,59,61)/t32-,34-/m1/s1. The number of pyridine rings is 1. The lowest BCUT2D eigenvalue weighted by Gasteiger charge is -2.44. The third kappa shape index (κ3) is 10.2. The van der Waals surface area contributed by atoms with Gasteiger partial charge in [-0.2, -0.15) is 4.98 Å². The van der Waals surface area contributed by atoms with E-state index in [9.17, 15) is 23.3 Å². The molecule has 3 aromatic carbocycles. The number of fused-ring (bicyclic) bond motifs is 1. The maximum atomic E-state index is 15.5. The highest BCUT2D eigenvalue weighted by Crippen LogP contribution is 2.44. The second kappa shape index (κ2) is 19.7. The van der Waals surface area contributed by atoms with E-state index in [0.29, 0.717) is 87.5 Å². The van der Waals surface area contributed by atoms with Gasteiger partial charge in [-0.05, 0) is 110 Å². The number of aromatic nitrogens is 3. The first-order valence-corrected chi connectivity index (χ1v) is 27.3. The van der Waals surface area contributed by atoms with E-state index >= 15 is 8.78 Å². The first kappa shape index (κ1) is 50.2. The molecular formula is C51H59BrF3N10O5P. The van der Waals surface area contributed by atoms with Crippen molar-refractivity contribution in [3.63, 3.8) is 0 Å². The normalized spacial score (nSPS) is 20.1. The topological polar surface area (TPSA) is 165 Å². The number of benzene rings is 3. The number of nitrogens with one attached hydrogen (secondary N) is 3. The molecule has 15 nitrogen and oxygen atoms in total. The minimum atomic E-state index is -2.94. The second-order valence-electron chi connectivity index (χ2n) is 20.2. The summed E-state index contributed by atoms with van der Waals surface area (Å²) < 4.78 is 65.8. The van der Waals surface area contributed by atoms with Crippen LogP contribution in [0.25, 0.3) is 10.9 Å². The number of carbonyl (C=O) groups excluding carboxylic acids is 3. The third-order valence-electron chi connectivity index (χ3n) is 14.6. The molecule has 0 saturated carbocycles. The van der Waals surface area contributed by atoms with Crippen molar-refractivity contribution < 1.29 is 36.9 Å². The fourth-order valence-electron chi connectivity index (χ4n) is 10.8. The Bertz CT molecular complexity index is 2970. The highest BCUT2D eigenvalue weighted by Gasteiger charge is 2.46. The van der Waals surface area contributed by atoms with Gasteiger partial charge >= 0.3 is 0 Å². The summed E-state index contributed by atoms with van der Waals surface area (Å²) in [6.45, 7) is 16.1. The van der Waals surface area contributed by atoms with Crippen molar-refractivity contribution in [1.82, 2.24) is 30.1 Å². The van der Waals surface area contributed by atoms with Crippen LogP contribution in [-0.2, 0) is 18.9 Å². The Balaban J connectivity index is 0.803. The minimum absolute atomic E-state index is 0.0150. The van der Waals surface area contributed by atoms with Crippen LogP contribution in [0.15, 0.2) is 53.1 Å². The predicted octanol–water partition coefficient (Wildman–Crippen LogP) is 8.36. The van der Waals surface area contributed by atoms with Crippen LogP contribution in [0.3, 0.4) is 0 Å². The molecule has 0 bridgehead atoms. The smallest absolute Gasteiger partial charge is 0.234 e. The summed E-state index contributed by atoms with van der Waals surface area (Å²) >= 11 is 3.55. The van der Waals surface area contributed by atoms with Gasteiger partial charge in [0.1, 0.15) is 36.2 Å². The van der Waals surface area contributed by atoms with Crippen molar-refractivity contribution in [2.75, 3.05) is 93.2 Å².